The maximum absolute atomic E-state index is 12.9. The van der Waals surface area contributed by atoms with E-state index in [9.17, 15) is 8.42 Å². The molecule has 1 atom stereocenters. The van der Waals surface area contributed by atoms with E-state index in [-0.39, 0.29) is 17.1 Å². The average molecular weight is 352 g/mol. The van der Waals surface area contributed by atoms with Crippen molar-refractivity contribution in [1.82, 2.24) is 28.7 Å². The van der Waals surface area contributed by atoms with Gasteiger partial charge >= 0.3 is 0 Å². The Kier molecular flexibility index (Phi) is 4.75. The first-order valence-corrected chi connectivity index (χ1v) is 9.64. The number of likely N-dealkylation sites (N-methyl/N-ethyl adjacent to an activating group) is 1. The summed E-state index contributed by atoms with van der Waals surface area (Å²) < 4.78 is 29.2. The summed E-state index contributed by atoms with van der Waals surface area (Å²) >= 11 is 0. The summed E-state index contributed by atoms with van der Waals surface area (Å²) in [5.74, 6) is 0.796. The predicted molar refractivity (Wildman–Crippen MR) is 89.9 cm³/mol. The zero-order valence-electron chi connectivity index (χ0n) is 14.3. The van der Waals surface area contributed by atoms with Crippen molar-refractivity contribution in [2.24, 2.45) is 0 Å². The molecule has 1 N–H and O–H groups in total. The Balaban J connectivity index is 1.85. The molecule has 1 aliphatic heterocycles. The molecule has 0 radical (unpaired) electrons. The van der Waals surface area contributed by atoms with Gasteiger partial charge in [0.05, 0.1) is 12.4 Å². The Bertz CT molecular complexity index is 768. The molecule has 8 nitrogen and oxygen atoms in total. The van der Waals surface area contributed by atoms with Crippen LogP contribution in [0.15, 0.2) is 29.9 Å². The highest BCUT2D eigenvalue weighted by atomic mass is 32.2. The van der Waals surface area contributed by atoms with Gasteiger partial charge in [-0.05, 0) is 20.4 Å². The molecule has 2 aromatic heterocycles. The first-order chi connectivity index (χ1) is 11.4. The lowest BCUT2D eigenvalue weighted by Crippen LogP contribution is -2.50. The highest BCUT2D eigenvalue weighted by molar-refractivity contribution is 7.89. The fraction of sp³-hybridized carbons (Fsp3) is 0.600. The molecule has 0 aliphatic carbocycles. The summed E-state index contributed by atoms with van der Waals surface area (Å²) in [6, 6.07) is 0.106. The van der Waals surface area contributed by atoms with Gasteiger partial charge in [-0.15, -0.1) is 0 Å². The minimum atomic E-state index is -3.60. The van der Waals surface area contributed by atoms with E-state index in [1.807, 2.05) is 13.8 Å². The molecule has 24 heavy (non-hydrogen) atoms. The molecule has 1 saturated heterocycles. The minimum absolute atomic E-state index is 0.0688. The lowest BCUT2D eigenvalue weighted by molar-refractivity contribution is 0.119. The fourth-order valence-electron chi connectivity index (χ4n) is 2.98. The standard InChI is InChI=1S/C15H24N6O2S/c1-4-19-7-8-21(9-13(19)15-16-5-6-17-15)24(22,23)14-10-20(11-18-14)12(2)3/h5-6,10-13H,4,7-9H2,1-3H3,(H,16,17). The second-order valence-electron chi connectivity index (χ2n) is 6.23. The van der Waals surface area contributed by atoms with Crippen LogP contribution in [0.1, 0.15) is 38.7 Å². The smallest absolute Gasteiger partial charge is 0.262 e. The molecule has 0 bridgehead atoms. The van der Waals surface area contributed by atoms with Crippen molar-refractivity contribution >= 4 is 10.0 Å². The number of sulfonamides is 1. The van der Waals surface area contributed by atoms with Gasteiger partial charge in [0.15, 0.2) is 5.03 Å². The van der Waals surface area contributed by atoms with E-state index in [0.29, 0.717) is 19.6 Å². The number of piperazine rings is 1. The first-order valence-electron chi connectivity index (χ1n) is 8.20. The average Bonchev–Trinajstić information content (AvgIpc) is 3.25. The number of nitrogens with one attached hydrogen (secondary N) is 1. The lowest BCUT2D eigenvalue weighted by Gasteiger charge is -2.38. The van der Waals surface area contributed by atoms with Crippen LogP contribution in [0.5, 0.6) is 0 Å². The number of rotatable bonds is 5. The zero-order valence-corrected chi connectivity index (χ0v) is 15.1. The van der Waals surface area contributed by atoms with Gasteiger partial charge in [-0.3, -0.25) is 4.90 Å². The second kappa shape index (κ2) is 6.66. The SMILES string of the molecule is CCN1CCN(S(=O)(=O)c2cn(C(C)C)cn2)CC1c1ncc[nH]1. The highest BCUT2D eigenvalue weighted by Crippen LogP contribution is 2.26. The van der Waals surface area contributed by atoms with Crippen LogP contribution in [-0.2, 0) is 10.0 Å². The monoisotopic (exact) mass is 352 g/mol. The van der Waals surface area contributed by atoms with E-state index in [1.165, 1.54) is 4.31 Å². The molecule has 1 fully saturated rings. The molecule has 3 heterocycles. The van der Waals surface area contributed by atoms with Crippen molar-refractivity contribution in [3.63, 3.8) is 0 Å². The van der Waals surface area contributed by atoms with Crippen molar-refractivity contribution in [2.45, 2.75) is 37.9 Å². The molecule has 0 aromatic carbocycles. The van der Waals surface area contributed by atoms with Gasteiger partial charge in [0, 0.05) is 44.3 Å². The highest BCUT2D eigenvalue weighted by Gasteiger charge is 2.36. The maximum Gasteiger partial charge on any atom is 0.262 e. The number of aromatic amines is 1. The van der Waals surface area contributed by atoms with Gasteiger partial charge in [0.2, 0.25) is 0 Å². The van der Waals surface area contributed by atoms with Crippen molar-refractivity contribution < 1.29 is 8.42 Å². The maximum atomic E-state index is 12.9. The van der Waals surface area contributed by atoms with Gasteiger partial charge < -0.3 is 9.55 Å². The quantitative estimate of drug-likeness (QED) is 0.875. The number of aromatic nitrogens is 4. The third-order valence-corrected chi connectivity index (χ3v) is 6.22. The summed E-state index contributed by atoms with van der Waals surface area (Å²) in [5, 5.41) is 0.111. The van der Waals surface area contributed by atoms with Crippen molar-refractivity contribution in [2.75, 3.05) is 26.2 Å². The number of hydrogen-bond donors (Lipinski definition) is 1. The molecule has 0 saturated carbocycles. The summed E-state index contributed by atoms with van der Waals surface area (Å²) in [5.41, 5.74) is 0. The van der Waals surface area contributed by atoms with E-state index in [1.54, 1.807) is 29.5 Å². The third kappa shape index (κ3) is 3.11. The predicted octanol–water partition coefficient (Wildman–Crippen LogP) is 1.25. The summed E-state index contributed by atoms with van der Waals surface area (Å²) in [7, 11) is -3.60. The number of hydrogen-bond acceptors (Lipinski definition) is 5. The van der Waals surface area contributed by atoms with Gasteiger partial charge in [-0.1, -0.05) is 6.92 Å². The molecular formula is C15H24N6O2S. The van der Waals surface area contributed by atoms with Crippen LogP contribution in [0, 0.1) is 0 Å². The zero-order chi connectivity index (χ0) is 17.3. The van der Waals surface area contributed by atoms with E-state index >= 15 is 0 Å². The Morgan fingerprint density at radius 2 is 2.12 bits per heavy atom. The first kappa shape index (κ1) is 17.1. The van der Waals surface area contributed by atoms with Gasteiger partial charge in [0.1, 0.15) is 5.82 Å². The van der Waals surface area contributed by atoms with E-state index in [0.717, 1.165) is 12.4 Å². The van der Waals surface area contributed by atoms with Crippen molar-refractivity contribution in [1.29, 1.82) is 0 Å². The minimum Gasteiger partial charge on any atom is -0.347 e. The Hall–Kier alpha value is -1.71. The Morgan fingerprint density at radius 1 is 1.33 bits per heavy atom. The third-order valence-electron chi connectivity index (χ3n) is 4.47. The van der Waals surface area contributed by atoms with Gasteiger partial charge in [0.25, 0.3) is 10.0 Å². The molecule has 132 valence electrons. The molecular weight excluding hydrogens is 328 g/mol. The Morgan fingerprint density at radius 3 is 2.71 bits per heavy atom. The Labute approximate surface area is 142 Å². The molecule has 2 aromatic rings. The van der Waals surface area contributed by atoms with Crippen LogP contribution < -0.4 is 0 Å². The van der Waals surface area contributed by atoms with E-state index in [4.69, 9.17) is 0 Å². The van der Waals surface area contributed by atoms with E-state index < -0.39 is 10.0 Å². The number of H-pyrrole nitrogens is 1. The van der Waals surface area contributed by atoms with Crippen LogP contribution >= 0.6 is 0 Å². The molecule has 1 unspecified atom stereocenters. The summed E-state index contributed by atoms with van der Waals surface area (Å²) in [4.78, 5) is 13.8. The van der Waals surface area contributed by atoms with Gasteiger partial charge in [-0.2, -0.15) is 4.31 Å². The largest absolute Gasteiger partial charge is 0.347 e. The van der Waals surface area contributed by atoms with Crippen LogP contribution in [0.4, 0.5) is 0 Å². The van der Waals surface area contributed by atoms with Crippen LogP contribution in [0.2, 0.25) is 0 Å². The fourth-order valence-corrected chi connectivity index (χ4v) is 4.34. The summed E-state index contributed by atoms with van der Waals surface area (Å²) in [6.45, 7) is 8.41. The normalized spacial score (nSPS) is 20.8. The topological polar surface area (TPSA) is 87.1 Å². The molecule has 3 rings (SSSR count). The summed E-state index contributed by atoms with van der Waals surface area (Å²) in [6.07, 6.45) is 6.64. The molecule has 0 spiro atoms. The van der Waals surface area contributed by atoms with Crippen LogP contribution in [0.25, 0.3) is 0 Å². The van der Waals surface area contributed by atoms with Crippen LogP contribution in [-0.4, -0.2) is 63.3 Å². The van der Waals surface area contributed by atoms with Crippen molar-refractivity contribution in [3.05, 3.63) is 30.7 Å². The molecule has 0 amide bonds. The lowest BCUT2D eigenvalue weighted by atomic mass is 10.2. The number of imidazole rings is 2. The van der Waals surface area contributed by atoms with Gasteiger partial charge in [-0.25, -0.2) is 18.4 Å². The molecule has 1 aliphatic rings. The number of nitrogens with zero attached hydrogens (tertiary/aromatic N) is 5. The van der Waals surface area contributed by atoms with Crippen LogP contribution in [0.3, 0.4) is 0 Å². The molecule has 9 heteroatoms. The van der Waals surface area contributed by atoms with Crippen molar-refractivity contribution in [3.8, 4) is 0 Å². The van der Waals surface area contributed by atoms with E-state index in [2.05, 4.69) is 26.8 Å². The second-order valence-corrected chi connectivity index (χ2v) is 8.12.